The summed E-state index contributed by atoms with van der Waals surface area (Å²) in [5, 5.41) is 11.8. The van der Waals surface area contributed by atoms with Crippen LogP contribution in [0.3, 0.4) is 0 Å². The quantitative estimate of drug-likeness (QED) is 0.177. The molecule has 1 heterocycles. The number of ketones is 1. The van der Waals surface area contributed by atoms with Crippen LogP contribution in [0.5, 0.6) is 11.5 Å². The summed E-state index contributed by atoms with van der Waals surface area (Å²) in [6.07, 6.45) is 5.20. The Morgan fingerprint density at radius 3 is 2.16 bits per heavy atom. The summed E-state index contributed by atoms with van der Waals surface area (Å²) in [5.41, 5.74) is 1.06. The Kier molecular flexibility index (Phi) is 11.0. The van der Waals surface area contributed by atoms with Crippen molar-refractivity contribution in [1.82, 2.24) is 9.80 Å². The van der Waals surface area contributed by atoms with Crippen molar-refractivity contribution in [2.75, 3.05) is 40.4 Å². The first-order chi connectivity index (χ1) is 18.4. The molecule has 0 radical (unpaired) electrons. The van der Waals surface area contributed by atoms with E-state index in [-0.39, 0.29) is 11.3 Å². The second-order valence-corrected chi connectivity index (χ2v) is 9.95. The molecule has 3 rings (SSSR count). The van der Waals surface area contributed by atoms with Gasteiger partial charge in [-0.1, -0.05) is 38.3 Å². The highest BCUT2D eigenvalue weighted by molar-refractivity contribution is 6.46. The number of methoxy groups -OCH3 is 2. The van der Waals surface area contributed by atoms with Crippen LogP contribution in [-0.4, -0.2) is 67.0 Å². The Bertz CT molecular complexity index is 1120. The highest BCUT2D eigenvalue weighted by atomic mass is 35.5. The minimum Gasteiger partial charge on any atom is -0.507 e. The zero-order chi connectivity index (χ0) is 27.7. The molecule has 2 aromatic rings. The van der Waals surface area contributed by atoms with Crippen LogP contribution in [0.4, 0.5) is 0 Å². The summed E-state index contributed by atoms with van der Waals surface area (Å²) in [4.78, 5) is 30.7. The van der Waals surface area contributed by atoms with Gasteiger partial charge in [-0.3, -0.25) is 9.59 Å². The van der Waals surface area contributed by atoms with Gasteiger partial charge < -0.3 is 24.4 Å². The maximum absolute atomic E-state index is 13.4. The number of amides is 1. The predicted molar refractivity (Wildman–Crippen MR) is 151 cm³/mol. The Morgan fingerprint density at radius 2 is 1.58 bits per heavy atom. The average Bonchev–Trinajstić information content (AvgIpc) is 3.18. The second kappa shape index (κ2) is 14.2. The molecule has 1 fully saturated rings. The van der Waals surface area contributed by atoms with Gasteiger partial charge >= 0.3 is 0 Å². The second-order valence-electron chi connectivity index (χ2n) is 9.51. The van der Waals surface area contributed by atoms with E-state index in [1.807, 2.05) is 0 Å². The number of likely N-dealkylation sites (tertiary alicyclic amines) is 1. The number of benzene rings is 2. The lowest BCUT2D eigenvalue weighted by molar-refractivity contribution is -0.140. The third kappa shape index (κ3) is 6.88. The molecule has 7 nitrogen and oxygen atoms in total. The van der Waals surface area contributed by atoms with E-state index in [1.165, 1.54) is 7.11 Å². The monoisotopic (exact) mass is 542 g/mol. The van der Waals surface area contributed by atoms with E-state index in [2.05, 4.69) is 18.7 Å². The van der Waals surface area contributed by atoms with Gasteiger partial charge in [0.1, 0.15) is 17.3 Å². The molecule has 1 saturated heterocycles. The molecular formula is C30H39ClN2O5. The van der Waals surface area contributed by atoms with Crippen molar-refractivity contribution in [3.8, 4) is 11.5 Å². The van der Waals surface area contributed by atoms with Gasteiger partial charge in [0.15, 0.2) is 0 Å². The van der Waals surface area contributed by atoms with Crippen LogP contribution in [0.1, 0.15) is 63.1 Å². The maximum Gasteiger partial charge on any atom is 0.295 e. The van der Waals surface area contributed by atoms with E-state index in [0.29, 0.717) is 40.6 Å². The largest absolute Gasteiger partial charge is 0.507 e. The van der Waals surface area contributed by atoms with Crippen LogP contribution in [-0.2, 0) is 9.59 Å². The molecule has 206 valence electrons. The normalized spacial score (nSPS) is 16.9. The van der Waals surface area contributed by atoms with Crippen molar-refractivity contribution in [1.29, 1.82) is 0 Å². The number of hydrogen-bond donors (Lipinski definition) is 1. The molecule has 0 aliphatic carbocycles. The van der Waals surface area contributed by atoms with Gasteiger partial charge in [0, 0.05) is 28.8 Å². The fraction of sp³-hybridized carbons (Fsp3) is 0.467. The first kappa shape index (κ1) is 29.5. The van der Waals surface area contributed by atoms with Gasteiger partial charge in [0.05, 0.1) is 25.8 Å². The van der Waals surface area contributed by atoms with Crippen LogP contribution < -0.4 is 9.47 Å². The van der Waals surface area contributed by atoms with Crippen molar-refractivity contribution >= 4 is 29.1 Å². The van der Waals surface area contributed by atoms with Crippen LogP contribution in [0.2, 0.25) is 5.02 Å². The molecule has 1 atom stereocenters. The first-order valence-electron chi connectivity index (χ1n) is 13.3. The van der Waals surface area contributed by atoms with Gasteiger partial charge in [0.25, 0.3) is 11.7 Å². The molecule has 0 aromatic heterocycles. The maximum atomic E-state index is 13.4. The number of hydrogen-bond acceptors (Lipinski definition) is 6. The van der Waals surface area contributed by atoms with Gasteiger partial charge in [-0.25, -0.2) is 0 Å². The number of carbonyl (C=O) groups is 2. The van der Waals surface area contributed by atoms with Gasteiger partial charge in [-0.2, -0.15) is 0 Å². The smallest absolute Gasteiger partial charge is 0.295 e. The van der Waals surface area contributed by atoms with Crippen molar-refractivity contribution in [2.24, 2.45) is 0 Å². The van der Waals surface area contributed by atoms with Crippen LogP contribution >= 0.6 is 11.6 Å². The average molecular weight is 543 g/mol. The summed E-state index contributed by atoms with van der Waals surface area (Å²) in [6, 6.07) is 11.0. The summed E-state index contributed by atoms with van der Waals surface area (Å²) in [5.74, 6) is -0.525. The number of aliphatic hydroxyl groups excluding tert-OH is 1. The van der Waals surface area contributed by atoms with Crippen molar-refractivity contribution in [3.05, 3.63) is 64.2 Å². The number of ether oxygens (including phenoxy) is 2. The van der Waals surface area contributed by atoms with Crippen LogP contribution in [0.15, 0.2) is 48.0 Å². The summed E-state index contributed by atoms with van der Waals surface area (Å²) >= 11 is 6.03. The lowest BCUT2D eigenvalue weighted by Crippen LogP contribution is -2.34. The van der Waals surface area contributed by atoms with E-state index < -0.39 is 17.7 Å². The molecular weight excluding hydrogens is 504 g/mol. The van der Waals surface area contributed by atoms with E-state index in [0.717, 1.165) is 45.3 Å². The lowest BCUT2D eigenvalue weighted by atomic mass is 9.94. The van der Waals surface area contributed by atoms with Crippen molar-refractivity contribution in [3.63, 3.8) is 0 Å². The van der Waals surface area contributed by atoms with E-state index in [1.54, 1.807) is 54.5 Å². The fourth-order valence-electron chi connectivity index (χ4n) is 4.81. The highest BCUT2D eigenvalue weighted by Crippen LogP contribution is 2.43. The van der Waals surface area contributed by atoms with Gasteiger partial charge in [0.2, 0.25) is 0 Å². The highest BCUT2D eigenvalue weighted by Gasteiger charge is 2.46. The molecule has 1 N–H and O–H groups in total. The minimum absolute atomic E-state index is 0.0367. The Labute approximate surface area is 231 Å². The number of nitrogens with zero attached hydrogens (tertiary/aromatic N) is 2. The van der Waals surface area contributed by atoms with Gasteiger partial charge in [-0.15, -0.1) is 0 Å². The molecule has 2 aromatic carbocycles. The Morgan fingerprint density at radius 1 is 0.947 bits per heavy atom. The SMILES string of the molecule is CCCCN(CCCC)CCCN1C(=O)C(=O)C(=C(O)c2ccc(Cl)cc2)C1c1ccc(OC)cc1OC. The Hall–Kier alpha value is -3.03. The van der Waals surface area contributed by atoms with E-state index in [9.17, 15) is 14.7 Å². The van der Waals surface area contributed by atoms with Crippen molar-refractivity contribution < 1.29 is 24.2 Å². The topological polar surface area (TPSA) is 79.3 Å². The molecule has 0 saturated carbocycles. The van der Waals surface area contributed by atoms with E-state index >= 15 is 0 Å². The molecule has 1 amide bonds. The number of unbranched alkanes of at least 4 members (excludes halogenated alkanes) is 2. The third-order valence-electron chi connectivity index (χ3n) is 6.92. The van der Waals surface area contributed by atoms with Gasteiger partial charge in [-0.05, 0) is 75.3 Å². The molecule has 0 bridgehead atoms. The summed E-state index contributed by atoms with van der Waals surface area (Å²) in [6.45, 7) is 7.59. The number of rotatable bonds is 14. The number of carbonyl (C=O) groups excluding carboxylic acids is 2. The zero-order valence-electron chi connectivity index (χ0n) is 22.8. The Balaban J connectivity index is 2.00. The fourth-order valence-corrected chi connectivity index (χ4v) is 4.93. The summed E-state index contributed by atoms with van der Waals surface area (Å²) in [7, 11) is 3.09. The number of Topliss-reactive ketones (excluding diaryl/α,β-unsaturated/α-hetero) is 1. The minimum atomic E-state index is -0.800. The molecule has 1 aliphatic rings. The lowest BCUT2D eigenvalue weighted by Gasteiger charge is -2.28. The van der Waals surface area contributed by atoms with Crippen LogP contribution in [0, 0.1) is 0 Å². The number of halogens is 1. The number of aliphatic hydroxyl groups is 1. The van der Waals surface area contributed by atoms with Crippen molar-refractivity contribution in [2.45, 2.75) is 52.0 Å². The molecule has 1 unspecified atom stereocenters. The predicted octanol–water partition coefficient (Wildman–Crippen LogP) is 6.07. The zero-order valence-corrected chi connectivity index (χ0v) is 23.6. The standard InChI is InChI=1S/C30H39ClN2O5/c1-5-7-16-32(17-8-6-2)18-9-19-33-27(24-15-14-23(37-3)20-25(24)38-4)26(29(35)30(33)36)28(34)21-10-12-22(31)13-11-21/h10-15,20,27,34H,5-9,16-19H2,1-4H3. The van der Waals surface area contributed by atoms with Crippen LogP contribution in [0.25, 0.3) is 5.76 Å². The molecule has 38 heavy (non-hydrogen) atoms. The van der Waals surface area contributed by atoms with E-state index in [4.69, 9.17) is 21.1 Å². The molecule has 1 aliphatic heterocycles. The third-order valence-corrected chi connectivity index (χ3v) is 7.17. The first-order valence-corrected chi connectivity index (χ1v) is 13.7. The summed E-state index contributed by atoms with van der Waals surface area (Å²) < 4.78 is 11.0. The molecule has 8 heteroatoms. The molecule has 0 spiro atoms.